The van der Waals surface area contributed by atoms with Crippen LogP contribution in [0.15, 0.2) is 24.3 Å². The zero-order valence-electron chi connectivity index (χ0n) is 14.6. The van der Waals surface area contributed by atoms with Gasteiger partial charge in [0.2, 0.25) is 5.91 Å². The molecule has 0 radical (unpaired) electrons. The molecule has 1 aliphatic heterocycles. The smallest absolute Gasteiger partial charge is 0.230 e. The Kier molecular flexibility index (Phi) is 4.53. The highest BCUT2D eigenvalue weighted by Crippen LogP contribution is 2.35. The average molecular weight is 340 g/mol. The van der Waals surface area contributed by atoms with Gasteiger partial charge in [0, 0.05) is 13.0 Å². The summed E-state index contributed by atoms with van der Waals surface area (Å²) < 4.78 is 5.83. The number of morpholine rings is 1. The van der Waals surface area contributed by atoms with Gasteiger partial charge >= 0.3 is 0 Å². The molecule has 4 rings (SSSR count). The van der Waals surface area contributed by atoms with Crippen LogP contribution in [-0.2, 0) is 22.4 Å². The van der Waals surface area contributed by atoms with Crippen LogP contribution in [0.2, 0.25) is 0 Å². The van der Waals surface area contributed by atoms with E-state index in [9.17, 15) is 4.79 Å². The van der Waals surface area contributed by atoms with Gasteiger partial charge in [0.1, 0.15) is 11.9 Å². The van der Waals surface area contributed by atoms with Crippen molar-refractivity contribution >= 4 is 5.91 Å². The lowest BCUT2D eigenvalue weighted by Crippen LogP contribution is -2.44. The normalized spacial score (nSPS) is 22.8. The number of amides is 1. The number of fused-ring (bicyclic) bond motifs is 1. The van der Waals surface area contributed by atoms with Crippen LogP contribution in [0.3, 0.4) is 0 Å². The second-order valence-corrected chi connectivity index (χ2v) is 6.82. The van der Waals surface area contributed by atoms with Crippen LogP contribution in [0, 0.1) is 0 Å². The van der Waals surface area contributed by atoms with Crippen molar-refractivity contribution in [1.29, 1.82) is 0 Å². The quantitative estimate of drug-likeness (QED) is 0.928. The topological polar surface area (TPSA) is 71.1 Å². The fraction of sp³-hybridized carbons (Fsp3) is 0.526. The van der Waals surface area contributed by atoms with Gasteiger partial charge in [0.05, 0.1) is 19.1 Å². The number of nitrogens with one attached hydrogen (secondary N) is 1. The van der Waals surface area contributed by atoms with Crippen LogP contribution >= 0.6 is 0 Å². The van der Waals surface area contributed by atoms with E-state index in [4.69, 9.17) is 4.74 Å². The zero-order valence-corrected chi connectivity index (χ0v) is 14.6. The summed E-state index contributed by atoms with van der Waals surface area (Å²) in [6.45, 7) is 3.81. The average Bonchev–Trinajstić information content (AvgIpc) is 3.29. The number of carbonyl (C=O) groups is 1. The van der Waals surface area contributed by atoms with Gasteiger partial charge < -0.3 is 9.64 Å². The van der Waals surface area contributed by atoms with Crippen molar-refractivity contribution in [3.63, 3.8) is 0 Å². The number of hydrogen-bond donors (Lipinski definition) is 1. The Balaban J connectivity index is 1.47. The fourth-order valence-corrected chi connectivity index (χ4v) is 3.84. The third-order valence-corrected chi connectivity index (χ3v) is 5.13. The number of aromatic nitrogens is 3. The minimum atomic E-state index is -0.240. The number of aromatic amines is 1. The highest BCUT2D eigenvalue weighted by atomic mass is 16.5. The Morgan fingerprint density at radius 2 is 2.28 bits per heavy atom. The molecule has 2 heterocycles. The number of hydrogen-bond acceptors (Lipinski definition) is 4. The lowest BCUT2D eigenvalue weighted by Gasteiger charge is -2.33. The van der Waals surface area contributed by atoms with E-state index >= 15 is 0 Å². The van der Waals surface area contributed by atoms with E-state index in [0.717, 1.165) is 31.5 Å². The van der Waals surface area contributed by atoms with Crippen molar-refractivity contribution in [2.75, 3.05) is 19.7 Å². The van der Waals surface area contributed by atoms with E-state index in [1.807, 2.05) is 17.0 Å². The van der Waals surface area contributed by atoms with Crippen molar-refractivity contribution in [2.45, 2.75) is 44.6 Å². The number of rotatable bonds is 4. The van der Waals surface area contributed by atoms with Crippen LogP contribution in [0.1, 0.15) is 54.6 Å². The molecule has 2 aliphatic rings. The minimum Gasteiger partial charge on any atom is -0.366 e. The summed E-state index contributed by atoms with van der Waals surface area (Å²) in [5.74, 6) is 1.74. The first-order valence-electron chi connectivity index (χ1n) is 9.15. The molecule has 1 N–H and O–H groups in total. The third kappa shape index (κ3) is 3.18. The molecule has 1 saturated heterocycles. The molecule has 1 fully saturated rings. The van der Waals surface area contributed by atoms with E-state index in [-0.39, 0.29) is 17.9 Å². The lowest BCUT2D eigenvalue weighted by molar-refractivity contribution is -0.140. The second kappa shape index (κ2) is 6.96. The molecule has 1 aromatic carbocycles. The Hall–Kier alpha value is -2.21. The van der Waals surface area contributed by atoms with Crippen molar-refractivity contribution in [3.8, 4) is 0 Å². The maximum absolute atomic E-state index is 13.1. The molecular formula is C19H24N4O2. The Morgan fingerprint density at radius 3 is 3.16 bits per heavy atom. The Labute approximate surface area is 147 Å². The molecule has 132 valence electrons. The molecule has 1 amide bonds. The molecular weight excluding hydrogens is 316 g/mol. The number of carbonyl (C=O) groups excluding carboxylic acids is 1. The largest absolute Gasteiger partial charge is 0.366 e. The summed E-state index contributed by atoms with van der Waals surface area (Å²) in [7, 11) is 0. The highest BCUT2D eigenvalue weighted by Gasteiger charge is 2.35. The summed E-state index contributed by atoms with van der Waals surface area (Å²) in [5, 5.41) is 7.26. The standard InChI is InChI=1S/C19H24N4O2/c1-2-5-17-20-18(22-21-17)16-12-23(10-11-25-16)19(24)15-9-8-13-6-3-4-7-14(13)15/h3-4,6-7,15-16H,2,5,8-12H2,1H3,(H,20,21,22)/t15-,16+/m0/s1. The number of benzene rings is 1. The van der Waals surface area contributed by atoms with E-state index in [0.29, 0.717) is 25.5 Å². The first-order chi connectivity index (χ1) is 12.3. The molecule has 2 aromatic rings. The van der Waals surface area contributed by atoms with Crippen molar-refractivity contribution in [2.24, 2.45) is 0 Å². The lowest BCUT2D eigenvalue weighted by atomic mass is 9.99. The Morgan fingerprint density at radius 1 is 1.40 bits per heavy atom. The summed E-state index contributed by atoms with van der Waals surface area (Å²) >= 11 is 0. The molecule has 6 heteroatoms. The van der Waals surface area contributed by atoms with Crippen LogP contribution in [-0.4, -0.2) is 45.7 Å². The van der Waals surface area contributed by atoms with Gasteiger partial charge in [-0.1, -0.05) is 31.2 Å². The zero-order chi connectivity index (χ0) is 17.2. The predicted octanol–water partition coefficient (Wildman–Crippen LogP) is 2.39. The molecule has 1 aromatic heterocycles. The van der Waals surface area contributed by atoms with Gasteiger partial charge in [-0.15, -0.1) is 0 Å². The highest BCUT2D eigenvalue weighted by molar-refractivity contribution is 5.85. The van der Waals surface area contributed by atoms with Gasteiger partial charge in [-0.2, -0.15) is 5.10 Å². The van der Waals surface area contributed by atoms with Gasteiger partial charge in [-0.3, -0.25) is 9.89 Å². The fourth-order valence-electron chi connectivity index (χ4n) is 3.84. The SMILES string of the molecule is CCCc1nc([C@H]2CN(C(=O)[C@H]3CCc4ccccc43)CCO2)n[nH]1. The summed E-state index contributed by atoms with van der Waals surface area (Å²) in [5.41, 5.74) is 2.50. The number of nitrogens with zero attached hydrogens (tertiary/aromatic N) is 3. The number of H-pyrrole nitrogens is 1. The van der Waals surface area contributed by atoms with E-state index < -0.39 is 0 Å². The minimum absolute atomic E-state index is 0.0160. The predicted molar refractivity (Wildman–Crippen MR) is 93.2 cm³/mol. The maximum atomic E-state index is 13.1. The molecule has 25 heavy (non-hydrogen) atoms. The van der Waals surface area contributed by atoms with Gasteiger partial charge in [-0.05, 0) is 30.4 Å². The monoisotopic (exact) mass is 340 g/mol. The van der Waals surface area contributed by atoms with Gasteiger partial charge in [0.15, 0.2) is 5.82 Å². The molecule has 0 bridgehead atoms. The first-order valence-corrected chi connectivity index (χ1v) is 9.15. The molecule has 2 atom stereocenters. The Bertz CT molecular complexity index is 757. The van der Waals surface area contributed by atoms with E-state index in [1.165, 1.54) is 11.1 Å². The molecule has 0 saturated carbocycles. The van der Waals surface area contributed by atoms with Gasteiger partial charge in [-0.25, -0.2) is 4.98 Å². The molecule has 0 unspecified atom stereocenters. The summed E-state index contributed by atoms with van der Waals surface area (Å²) in [6.07, 6.45) is 3.55. The van der Waals surface area contributed by atoms with Crippen LogP contribution in [0.5, 0.6) is 0 Å². The van der Waals surface area contributed by atoms with Crippen LogP contribution in [0.25, 0.3) is 0 Å². The summed E-state index contributed by atoms with van der Waals surface area (Å²) in [6, 6.07) is 8.30. The van der Waals surface area contributed by atoms with Crippen molar-refractivity contribution in [3.05, 3.63) is 47.0 Å². The van der Waals surface area contributed by atoms with Crippen molar-refractivity contribution in [1.82, 2.24) is 20.1 Å². The second-order valence-electron chi connectivity index (χ2n) is 6.82. The maximum Gasteiger partial charge on any atom is 0.230 e. The summed E-state index contributed by atoms with van der Waals surface area (Å²) in [4.78, 5) is 19.5. The van der Waals surface area contributed by atoms with Crippen LogP contribution < -0.4 is 0 Å². The van der Waals surface area contributed by atoms with Gasteiger partial charge in [0.25, 0.3) is 0 Å². The molecule has 1 aliphatic carbocycles. The van der Waals surface area contributed by atoms with E-state index in [2.05, 4.69) is 34.2 Å². The van der Waals surface area contributed by atoms with Crippen LogP contribution in [0.4, 0.5) is 0 Å². The first kappa shape index (κ1) is 16.3. The van der Waals surface area contributed by atoms with E-state index in [1.54, 1.807) is 0 Å². The molecule has 6 nitrogen and oxygen atoms in total. The molecule has 0 spiro atoms. The number of aryl methyl sites for hydroxylation is 2. The number of ether oxygens (including phenoxy) is 1. The van der Waals surface area contributed by atoms with Crippen molar-refractivity contribution < 1.29 is 9.53 Å². The third-order valence-electron chi connectivity index (χ3n) is 5.13.